The molecule has 6 heteroatoms. The highest BCUT2D eigenvalue weighted by Gasteiger charge is 2.22. The van der Waals surface area contributed by atoms with Crippen molar-refractivity contribution in [3.05, 3.63) is 30.1 Å². The molecule has 0 bridgehead atoms. The number of aromatic nitrogens is 1. The second-order valence-electron chi connectivity index (χ2n) is 4.49. The van der Waals surface area contributed by atoms with Crippen molar-refractivity contribution in [1.29, 1.82) is 0 Å². The van der Waals surface area contributed by atoms with Crippen LogP contribution in [0.4, 0.5) is 0 Å². The average Bonchev–Trinajstić information content (AvgIpc) is 2.40. The normalized spacial score (nSPS) is 19.5. The molecule has 0 saturated carbocycles. The summed E-state index contributed by atoms with van der Waals surface area (Å²) >= 11 is 0. The summed E-state index contributed by atoms with van der Waals surface area (Å²) in [6, 6.07) is 5.67. The van der Waals surface area contributed by atoms with E-state index in [1.54, 1.807) is 6.20 Å². The lowest BCUT2D eigenvalue weighted by atomic mass is 10.0. The van der Waals surface area contributed by atoms with Gasteiger partial charge in [-0.25, -0.2) is 0 Å². The maximum Gasteiger partial charge on any atom is 0.237 e. The predicted molar refractivity (Wildman–Crippen MR) is 80.9 cm³/mol. The van der Waals surface area contributed by atoms with E-state index in [1.807, 2.05) is 25.1 Å². The number of nitrogens with one attached hydrogen (secondary N) is 2. The third kappa shape index (κ3) is 5.35. The van der Waals surface area contributed by atoms with Gasteiger partial charge < -0.3 is 10.6 Å². The monoisotopic (exact) mass is 305 g/mol. The Morgan fingerprint density at radius 1 is 1.42 bits per heavy atom. The number of halogens is 2. The third-order valence-electron chi connectivity index (χ3n) is 3.12. The Balaban J connectivity index is 0.00000162. The molecule has 2 rings (SSSR count). The van der Waals surface area contributed by atoms with Gasteiger partial charge in [0.1, 0.15) is 0 Å². The molecule has 0 spiro atoms. The summed E-state index contributed by atoms with van der Waals surface area (Å²) < 4.78 is 0. The van der Waals surface area contributed by atoms with Crippen LogP contribution < -0.4 is 10.6 Å². The number of hydrogen-bond acceptors (Lipinski definition) is 3. The smallest absolute Gasteiger partial charge is 0.237 e. The summed E-state index contributed by atoms with van der Waals surface area (Å²) in [4.78, 5) is 16.2. The van der Waals surface area contributed by atoms with Gasteiger partial charge in [-0.2, -0.15) is 0 Å². The zero-order valence-corrected chi connectivity index (χ0v) is 12.6. The lowest BCUT2D eigenvalue weighted by Gasteiger charge is -2.24. The number of amides is 1. The quantitative estimate of drug-likeness (QED) is 0.900. The standard InChI is InChI=1S/C13H19N3O.2ClH/c1-10(11-6-2-4-8-14-11)16-13(17)12-7-3-5-9-15-12;;/h2,4,6,8,10,12,15H,3,5,7,9H2,1H3,(H,16,17);2*1H. The molecular formula is C13H21Cl2N3O. The summed E-state index contributed by atoms with van der Waals surface area (Å²) in [6.07, 6.45) is 4.97. The van der Waals surface area contributed by atoms with E-state index in [9.17, 15) is 4.79 Å². The fraction of sp³-hybridized carbons (Fsp3) is 0.538. The van der Waals surface area contributed by atoms with Crippen LogP contribution in [0.3, 0.4) is 0 Å². The van der Waals surface area contributed by atoms with Gasteiger partial charge in [-0.3, -0.25) is 9.78 Å². The number of carbonyl (C=O) groups excluding carboxylic acids is 1. The maximum absolute atomic E-state index is 12.0. The minimum atomic E-state index is -0.0348. The van der Waals surface area contributed by atoms with Crippen LogP contribution in [0, 0.1) is 0 Å². The molecule has 0 radical (unpaired) electrons. The molecule has 1 aliphatic heterocycles. The second kappa shape index (κ2) is 9.13. The maximum atomic E-state index is 12.0. The van der Waals surface area contributed by atoms with Crippen molar-refractivity contribution in [3.8, 4) is 0 Å². The molecule has 0 aliphatic carbocycles. The Bertz CT molecular complexity index is 369. The van der Waals surface area contributed by atoms with Crippen molar-refractivity contribution in [1.82, 2.24) is 15.6 Å². The number of carbonyl (C=O) groups is 1. The molecular weight excluding hydrogens is 285 g/mol. The molecule has 108 valence electrons. The number of nitrogens with zero attached hydrogens (tertiary/aromatic N) is 1. The van der Waals surface area contributed by atoms with Crippen LogP contribution in [0.5, 0.6) is 0 Å². The molecule has 1 fully saturated rings. The molecule has 1 aromatic heterocycles. The van der Waals surface area contributed by atoms with Gasteiger partial charge in [0.2, 0.25) is 5.91 Å². The Hall–Kier alpha value is -0.840. The van der Waals surface area contributed by atoms with E-state index in [0.29, 0.717) is 0 Å². The summed E-state index contributed by atoms with van der Waals surface area (Å²) in [7, 11) is 0. The Labute approximate surface area is 126 Å². The summed E-state index contributed by atoms with van der Waals surface area (Å²) in [5, 5.41) is 6.25. The van der Waals surface area contributed by atoms with Crippen LogP contribution in [0.15, 0.2) is 24.4 Å². The minimum Gasteiger partial charge on any atom is -0.347 e. The van der Waals surface area contributed by atoms with E-state index in [1.165, 1.54) is 6.42 Å². The van der Waals surface area contributed by atoms with Crippen LogP contribution >= 0.6 is 24.8 Å². The van der Waals surface area contributed by atoms with Crippen molar-refractivity contribution in [2.24, 2.45) is 0 Å². The van der Waals surface area contributed by atoms with E-state index < -0.39 is 0 Å². The SMILES string of the molecule is CC(NC(=O)C1CCCCN1)c1ccccn1.Cl.Cl. The number of hydrogen-bond donors (Lipinski definition) is 2. The summed E-state index contributed by atoms with van der Waals surface area (Å²) in [5.41, 5.74) is 0.900. The topological polar surface area (TPSA) is 54.0 Å². The molecule has 1 aromatic rings. The minimum absolute atomic E-state index is 0. The molecule has 2 heterocycles. The Kier molecular flexibility index (Phi) is 8.72. The van der Waals surface area contributed by atoms with Crippen molar-refractivity contribution in [2.45, 2.75) is 38.3 Å². The van der Waals surface area contributed by atoms with Gasteiger partial charge in [-0.1, -0.05) is 12.5 Å². The fourth-order valence-electron chi connectivity index (χ4n) is 2.10. The van der Waals surface area contributed by atoms with E-state index in [2.05, 4.69) is 15.6 Å². The first kappa shape index (κ1) is 18.2. The van der Waals surface area contributed by atoms with E-state index >= 15 is 0 Å². The van der Waals surface area contributed by atoms with Crippen LogP contribution in [0.25, 0.3) is 0 Å². The highest BCUT2D eigenvalue weighted by atomic mass is 35.5. The lowest BCUT2D eigenvalue weighted by molar-refractivity contribution is -0.124. The van der Waals surface area contributed by atoms with Crippen molar-refractivity contribution in [2.75, 3.05) is 6.54 Å². The van der Waals surface area contributed by atoms with E-state index in [4.69, 9.17) is 0 Å². The molecule has 2 N–H and O–H groups in total. The first-order valence-electron chi connectivity index (χ1n) is 6.22. The Morgan fingerprint density at radius 3 is 2.79 bits per heavy atom. The van der Waals surface area contributed by atoms with Crippen LogP contribution in [-0.2, 0) is 4.79 Å². The molecule has 4 nitrogen and oxygen atoms in total. The van der Waals surface area contributed by atoms with Gasteiger partial charge in [-0.15, -0.1) is 24.8 Å². The third-order valence-corrected chi connectivity index (χ3v) is 3.12. The largest absolute Gasteiger partial charge is 0.347 e. The molecule has 1 aliphatic rings. The highest BCUT2D eigenvalue weighted by molar-refractivity contribution is 5.85. The first-order chi connectivity index (χ1) is 8.27. The molecule has 2 atom stereocenters. The van der Waals surface area contributed by atoms with Crippen LogP contribution in [-0.4, -0.2) is 23.5 Å². The van der Waals surface area contributed by atoms with Crippen molar-refractivity contribution >= 4 is 30.7 Å². The van der Waals surface area contributed by atoms with Gasteiger partial charge in [-0.05, 0) is 38.4 Å². The predicted octanol–water partition coefficient (Wildman–Crippen LogP) is 2.24. The number of pyridine rings is 1. The van der Waals surface area contributed by atoms with Crippen LogP contribution in [0.2, 0.25) is 0 Å². The van der Waals surface area contributed by atoms with Crippen molar-refractivity contribution < 1.29 is 4.79 Å². The Morgan fingerprint density at radius 2 is 2.21 bits per heavy atom. The lowest BCUT2D eigenvalue weighted by Crippen LogP contribution is -2.47. The molecule has 2 unspecified atom stereocenters. The van der Waals surface area contributed by atoms with Gasteiger partial charge in [0, 0.05) is 6.20 Å². The highest BCUT2D eigenvalue weighted by Crippen LogP contribution is 2.11. The van der Waals surface area contributed by atoms with Crippen molar-refractivity contribution in [3.63, 3.8) is 0 Å². The number of piperidine rings is 1. The number of rotatable bonds is 3. The van der Waals surface area contributed by atoms with Crippen LogP contribution in [0.1, 0.15) is 37.9 Å². The average molecular weight is 306 g/mol. The van der Waals surface area contributed by atoms with Gasteiger partial charge >= 0.3 is 0 Å². The zero-order valence-electron chi connectivity index (χ0n) is 11.0. The summed E-state index contributed by atoms with van der Waals surface area (Å²) in [5.74, 6) is 0.0860. The fourth-order valence-corrected chi connectivity index (χ4v) is 2.10. The second-order valence-corrected chi connectivity index (χ2v) is 4.49. The van der Waals surface area contributed by atoms with Gasteiger partial charge in [0.15, 0.2) is 0 Å². The van der Waals surface area contributed by atoms with Gasteiger partial charge in [0.05, 0.1) is 17.8 Å². The summed E-state index contributed by atoms with van der Waals surface area (Å²) in [6.45, 7) is 2.90. The molecule has 1 saturated heterocycles. The van der Waals surface area contributed by atoms with E-state index in [-0.39, 0.29) is 42.8 Å². The first-order valence-corrected chi connectivity index (χ1v) is 6.22. The zero-order chi connectivity index (χ0) is 12.1. The van der Waals surface area contributed by atoms with E-state index in [0.717, 1.165) is 25.1 Å². The van der Waals surface area contributed by atoms with Gasteiger partial charge in [0.25, 0.3) is 0 Å². The molecule has 0 aromatic carbocycles. The molecule has 1 amide bonds. The molecule has 19 heavy (non-hydrogen) atoms.